The zero-order valence-electron chi connectivity index (χ0n) is 10.8. The van der Waals surface area contributed by atoms with E-state index in [0.29, 0.717) is 6.04 Å². The summed E-state index contributed by atoms with van der Waals surface area (Å²) in [4.78, 5) is 7.06. The molecule has 0 unspecified atom stereocenters. The first-order valence-electron chi connectivity index (χ1n) is 6.70. The predicted octanol–water partition coefficient (Wildman–Crippen LogP) is 2.51. The summed E-state index contributed by atoms with van der Waals surface area (Å²) in [7, 11) is 2.24. The minimum Gasteiger partial charge on any atom is -0.383 e. The van der Waals surface area contributed by atoms with E-state index < -0.39 is 0 Å². The van der Waals surface area contributed by atoms with Gasteiger partial charge >= 0.3 is 0 Å². The average molecular weight is 231 g/mol. The molecule has 1 fully saturated rings. The molecule has 1 atom stereocenters. The van der Waals surface area contributed by atoms with Crippen LogP contribution in [0.15, 0.2) is 6.20 Å². The summed E-state index contributed by atoms with van der Waals surface area (Å²) < 4.78 is 0. The molecular formula is C14H21N3. The van der Waals surface area contributed by atoms with Crippen molar-refractivity contribution in [2.75, 3.05) is 25.5 Å². The molecule has 3 heteroatoms. The number of hydrogen-bond donors (Lipinski definition) is 1. The fourth-order valence-corrected chi connectivity index (χ4v) is 3.24. The van der Waals surface area contributed by atoms with Gasteiger partial charge in [-0.05, 0) is 57.3 Å². The van der Waals surface area contributed by atoms with Crippen LogP contribution in [0.3, 0.4) is 0 Å². The second kappa shape index (κ2) is 4.30. The maximum Gasteiger partial charge on any atom is 0.0606 e. The molecule has 17 heavy (non-hydrogen) atoms. The summed E-state index contributed by atoms with van der Waals surface area (Å²) in [5.74, 6) is 0. The fraction of sp³-hybridized carbons (Fsp3) is 0.643. The monoisotopic (exact) mass is 231 g/mol. The number of hydrogen-bond acceptors (Lipinski definition) is 3. The second-order valence-electron chi connectivity index (χ2n) is 5.32. The first-order valence-corrected chi connectivity index (χ1v) is 6.70. The molecule has 0 aromatic carbocycles. The molecule has 2 aliphatic rings. The molecule has 2 aliphatic heterocycles. The van der Waals surface area contributed by atoms with Crippen LogP contribution in [0.1, 0.15) is 42.1 Å². The van der Waals surface area contributed by atoms with Crippen molar-refractivity contribution in [3.8, 4) is 0 Å². The highest BCUT2D eigenvalue weighted by Crippen LogP contribution is 2.37. The first-order chi connectivity index (χ1) is 8.27. The van der Waals surface area contributed by atoms with Crippen molar-refractivity contribution >= 4 is 5.69 Å². The molecule has 3 nitrogen and oxygen atoms in total. The molecule has 1 saturated heterocycles. The van der Waals surface area contributed by atoms with Crippen LogP contribution >= 0.6 is 0 Å². The van der Waals surface area contributed by atoms with Crippen LogP contribution < -0.4 is 5.32 Å². The minimum absolute atomic E-state index is 0.594. The van der Waals surface area contributed by atoms with Gasteiger partial charge in [-0.3, -0.25) is 9.88 Å². The number of pyridine rings is 1. The van der Waals surface area contributed by atoms with Crippen LogP contribution in [-0.4, -0.2) is 30.0 Å². The van der Waals surface area contributed by atoms with Gasteiger partial charge in [0.15, 0.2) is 0 Å². The molecule has 1 N–H and O–H groups in total. The Morgan fingerprint density at radius 1 is 1.41 bits per heavy atom. The van der Waals surface area contributed by atoms with Crippen LogP contribution in [-0.2, 0) is 6.42 Å². The Labute approximate surface area is 103 Å². The zero-order valence-corrected chi connectivity index (χ0v) is 10.8. The van der Waals surface area contributed by atoms with Crippen molar-refractivity contribution in [1.29, 1.82) is 0 Å². The van der Waals surface area contributed by atoms with Gasteiger partial charge in [0, 0.05) is 18.8 Å². The Morgan fingerprint density at radius 3 is 3.06 bits per heavy atom. The Hall–Kier alpha value is -1.09. The molecule has 3 heterocycles. The van der Waals surface area contributed by atoms with Gasteiger partial charge in [-0.25, -0.2) is 0 Å². The molecular weight excluding hydrogens is 210 g/mol. The molecule has 0 saturated carbocycles. The third-order valence-electron chi connectivity index (χ3n) is 4.19. The zero-order chi connectivity index (χ0) is 11.8. The smallest absolute Gasteiger partial charge is 0.0606 e. The Morgan fingerprint density at radius 2 is 2.29 bits per heavy atom. The highest BCUT2D eigenvalue weighted by Gasteiger charge is 2.27. The van der Waals surface area contributed by atoms with Crippen molar-refractivity contribution in [3.05, 3.63) is 23.0 Å². The van der Waals surface area contributed by atoms with Gasteiger partial charge in [0.2, 0.25) is 0 Å². The van der Waals surface area contributed by atoms with E-state index in [0.717, 1.165) is 12.2 Å². The van der Waals surface area contributed by atoms with E-state index in [1.807, 2.05) is 0 Å². The standard InChI is InChI=1S/C14H21N3/c1-10-14-11(5-3-7-15-14)12(9-16-10)13-6-4-8-17(13)2/h9,13,15H,3-8H2,1-2H3/t13-/m0/s1. The van der Waals surface area contributed by atoms with E-state index in [4.69, 9.17) is 0 Å². The van der Waals surface area contributed by atoms with E-state index in [1.54, 1.807) is 0 Å². The number of anilines is 1. The van der Waals surface area contributed by atoms with Crippen LogP contribution in [0.25, 0.3) is 0 Å². The molecule has 92 valence electrons. The molecule has 3 rings (SSSR count). The highest BCUT2D eigenvalue weighted by atomic mass is 15.1. The number of nitrogens with one attached hydrogen (secondary N) is 1. The first kappa shape index (κ1) is 11.0. The van der Waals surface area contributed by atoms with Gasteiger partial charge in [-0.15, -0.1) is 0 Å². The number of rotatable bonds is 1. The predicted molar refractivity (Wildman–Crippen MR) is 70.4 cm³/mol. The second-order valence-corrected chi connectivity index (χ2v) is 5.32. The van der Waals surface area contributed by atoms with E-state index in [1.165, 1.54) is 49.0 Å². The van der Waals surface area contributed by atoms with E-state index in [9.17, 15) is 0 Å². The summed E-state index contributed by atoms with van der Waals surface area (Å²) in [5, 5.41) is 3.53. The van der Waals surface area contributed by atoms with Crippen LogP contribution in [0.2, 0.25) is 0 Å². The van der Waals surface area contributed by atoms with Crippen LogP contribution in [0.4, 0.5) is 5.69 Å². The summed E-state index contributed by atoms with van der Waals surface area (Å²) in [6, 6.07) is 0.594. The van der Waals surface area contributed by atoms with Gasteiger partial charge in [0.05, 0.1) is 11.4 Å². The van der Waals surface area contributed by atoms with Gasteiger partial charge in [0.25, 0.3) is 0 Å². The molecule has 0 bridgehead atoms. The summed E-state index contributed by atoms with van der Waals surface area (Å²) in [5.41, 5.74) is 5.47. The largest absolute Gasteiger partial charge is 0.383 e. The Kier molecular flexibility index (Phi) is 2.79. The van der Waals surface area contributed by atoms with E-state index >= 15 is 0 Å². The lowest BCUT2D eigenvalue weighted by Crippen LogP contribution is -2.22. The van der Waals surface area contributed by atoms with Gasteiger partial charge in [0.1, 0.15) is 0 Å². The van der Waals surface area contributed by atoms with Gasteiger partial charge < -0.3 is 5.32 Å². The maximum atomic E-state index is 4.58. The summed E-state index contributed by atoms with van der Waals surface area (Å²) >= 11 is 0. The lowest BCUT2D eigenvalue weighted by Gasteiger charge is -2.27. The van der Waals surface area contributed by atoms with Crippen molar-refractivity contribution in [2.24, 2.45) is 0 Å². The van der Waals surface area contributed by atoms with E-state index in [-0.39, 0.29) is 0 Å². The minimum atomic E-state index is 0.594. The van der Waals surface area contributed by atoms with Crippen LogP contribution in [0.5, 0.6) is 0 Å². The molecule has 0 radical (unpaired) electrons. The summed E-state index contributed by atoms with van der Waals surface area (Å²) in [6.45, 7) is 4.43. The Bertz CT molecular complexity index is 428. The van der Waals surface area contributed by atoms with Crippen molar-refractivity contribution in [2.45, 2.75) is 38.6 Å². The highest BCUT2D eigenvalue weighted by molar-refractivity contribution is 5.59. The van der Waals surface area contributed by atoms with Gasteiger partial charge in [-0.2, -0.15) is 0 Å². The maximum absolute atomic E-state index is 4.58. The molecule has 0 amide bonds. The third-order valence-corrected chi connectivity index (χ3v) is 4.19. The van der Waals surface area contributed by atoms with Crippen LogP contribution in [0, 0.1) is 6.92 Å². The quantitative estimate of drug-likeness (QED) is 0.805. The normalized spacial score (nSPS) is 24.5. The van der Waals surface area contributed by atoms with E-state index in [2.05, 4.69) is 35.4 Å². The van der Waals surface area contributed by atoms with Crippen molar-refractivity contribution in [3.63, 3.8) is 0 Å². The van der Waals surface area contributed by atoms with Crippen molar-refractivity contribution in [1.82, 2.24) is 9.88 Å². The third kappa shape index (κ3) is 1.82. The number of nitrogens with zero attached hydrogens (tertiary/aromatic N) is 2. The molecule has 0 spiro atoms. The summed E-state index contributed by atoms with van der Waals surface area (Å²) in [6.07, 6.45) is 7.18. The molecule has 1 aromatic rings. The molecule has 1 aromatic heterocycles. The average Bonchev–Trinajstić information content (AvgIpc) is 2.77. The van der Waals surface area contributed by atoms with Gasteiger partial charge in [-0.1, -0.05) is 0 Å². The molecule has 0 aliphatic carbocycles. The lowest BCUT2D eigenvalue weighted by molar-refractivity contribution is 0.315. The Balaban J connectivity index is 2.04. The lowest BCUT2D eigenvalue weighted by atomic mass is 9.93. The topological polar surface area (TPSA) is 28.2 Å². The number of aryl methyl sites for hydroxylation is 1. The number of fused-ring (bicyclic) bond motifs is 1. The number of aromatic nitrogens is 1. The fourth-order valence-electron chi connectivity index (χ4n) is 3.24. The van der Waals surface area contributed by atoms with Crippen molar-refractivity contribution < 1.29 is 0 Å². The number of likely N-dealkylation sites (tertiary alicyclic amines) is 1. The SMILES string of the molecule is Cc1ncc([C@@H]2CCCN2C)c2c1NCCC2.